The number of anilines is 1. The van der Waals surface area contributed by atoms with E-state index in [2.05, 4.69) is 20.0 Å². The first-order valence-corrected chi connectivity index (χ1v) is 9.14. The molecule has 4 rings (SSSR count). The lowest BCUT2D eigenvalue weighted by molar-refractivity contribution is -0.138. The number of hydrogen-bond acceptors (Lipinski definition) is 6. The fourth-order valence-electron chi connectivity index (χ4n) is 3.70. The summed E-state index contributed by atoms with van der Waals surface area (Å²) in [5.41, 5.74) is 1.47. The minimum absolute atomic E-state index is 0.00298. The van der Waals surface area contributed by atoms with Crippen molar-refractivity contribution >= 4 is 17.9 Å². The largest absolute Gasteiger partial charge is 0.356 e. The van der Waals surface area contributed by atoms with Gasteiger partial charge >= 0.3 is 0 Å². The molecule has 27 heavy (non-hydrogen) atoms. The van der Waals surface area contributed by atoms with Crippen LogP contribution < -0.4 is 4.90 Å². The number of amides is 1. The summed E-state index contributed by atoms with van der Waals surface area (Å²) in [5.74, 6) is 0.798. The molecule has 2 aliphatic heterocycles. The maximum absolute atomic E-state index is 13.1. The van der Waals surface area contributed by atoms with Crippen molar-refractivity contribution in [2.45, 2.75) is 25.3 Å². The predicted molar refractivity (Wildman–Crippen MR) is 101 cm³/mol. The van der Waals surface area contributed by atoms with E-state index in [-0.39, 0.29) is 17.9 Å². The normalized spacial score (nSPS) is 19.9. The summed E-state index contributed by atoms with van der Waals surface area (Å²) < 4.78 is 0. The lowest BCUT2D eigenvalue weighted by Crippen LogP contribution is -2.41. The first kappa shape index (κ1) is 17.2. The highest BCUT2D eigenvalue weighted by Crippen LogP contribution is 2.32. The van der Waals surface area contributed by atoms with Crippen LogP contribution in [0.3, 0.4) is 0 Å². The number of nitriles is 1. The maximum Gasteiger partial charge on any atom is 0.246 e. The number of piperidine rings is 1. The number of hydrogen-bond donors (Lipinski definition) is 0. The highest BCUT2D eigenvalue weighted by molar-refractivity contribution is 5.82. The van der Waals surface area contributed by atoms with Gasteiger partial charge in [0.1, 0.15) is 23.9 Å². The molecule has 0 spiro atoms. The van der Waals surface area contributed by atoms with Gasteiger partial charge in [0.05, 0.1) is 6.04 Å². The lowest BCUT2D eigenvalue weighted by Gasteiger charge is -2.34. The average Bonchev–Trinajstić information content (AvgIpc) is 3.24. The van der Waals surface area contributed by atoms with E-state index in [1.165, 1.54) is 6.33 Å². The van der Waals surface area contributed by atoms with Crippen LogP contribution in [0.1, 0.15) is 36.6 Å². The molecular weight excluding hydrogens is 340 g/mol. The molecule has 0 saturated carbocycles. The van der Waals surface area contributed by atoms with Gasteiger partial charge in [-0.15, -0.1) is 0 Å². The third-order valence-electron chi connectivity index (χ3n) is 5.18. The summed E-state index contributed by atoms with van der Waals surface area (Å²) in [6.45, 7) is 1.46. The van der Waals surface area contributed by atoms with Crippen LogP contribution in [0.15, 0.2) is 47.8 Å². The Balaban J connectivity index is 1.41. The molecule has 3 heterocycles. The lowest BCUT2D eigenvalue weighted by atomic mass is 9.94. The molecule has 1 amide bonds. The van der Waals surface area contributed by atoms with Gasteiger partial charge in [0.2, 0.25) is 5.91 Å². The summed E-state index contributed by atoms with van der Waals surface area (Å²) in [4.78, 5) is 23.3. The monoisotopic (exact) mass is 360 g/mol. The quantitative estimate of drug-likeness (QED) is 0.839. The van der Waals surface area contributed by atoms with Crippen molar-refractivity contribution in [3.63, 3.8) is 0 Å². The third-order valence-corrected chi connectivity index (χ3v) is 5.18. The third kappa shape index (κ3) is 3.51. The predicted octanol–water partition coefficient (Wildman–Crippen LogP) is 2.52. The summed E-state index contributed by atoms with van der Waals surface area (Å²) in [7, 11) is 0. The highest BCUT2D eigenvalue weighted by atomic mass is 16.2. The van der Waals surface area contributed by atoms with Crippen LogP contribution in [0.2, 0.25) is 0 Å². The Labute approximate surface area is 158 Å². The molecule has 1 atom stereocenters. The number of hydrazone groups is 1. The van der Waals surface area contributed by atoms with Gasteiger partial charge in [0, 0.05) is 37.7 Å². The van der Waals surface area contributed by atoms with E-state index in [1.807, 2.05) is 42.6 Å². The van der Waals surface area contributed by atoms with E-state index >= 15 is 0 Å². The first-order valence-electron chi connectivity index (χ1n) is 9.14. The molecular formula is C20H20N6O. The van der Waals surface area contributed by atoms with Gasteiger partial charge in [-0.3, -0.25) is 4.79 Å². The zero-order chi connectivity index (χ0) is 18.6. The molecule has 1 aromatic heterocycles. The minimum atomic E-state index is -0.0417. The second-order valence-electron chi connectivity index (χ2n) is 6.78. The minimum Gasteiger partial charge on any atom is -0.356 e. The van der Waals surface area contributed by atoms with Crippen molar-refractivity contribution in [1.82, 2.24) is 15.0 Å². The Morgan fingerprint density at radius 1 is 1.15 bits per heavy atom. The summed E-state index contributed by atoms with van der Waals surface area (Å²) in [6, 6.07) is 13.8. The Kier molecular flexibility index (Phi) is 4.79. The molecule has 0 radical (unpaired) electrons. The SMILES string of the molecule is N#Cc1cc(N2CCC(C(=O)N3N=CCC3c3ccccc3)CC2)ncn1. The van der Waals surface area contributed by atoms with Crippen LogP contribution in [0.25, 0.3) is 0 Å². The smallest absolute Gasteiger partial charge is 0.246 e. The fourth-order valence-corrected chi connectivity index (χ4v) is 3.70. The van der Waals surface area contributed by atoms with Crippen LogP contribution in [-0.4, -0.2) is 40.2 Å². The van der Waals surface area contributed by atoms with Crippen LogP contribution in [0, 0.1) is 17.2 Å². The molecule has 2 aliphatic rings. The molecule has 1 aromatic carbocycles. The molecule has 1 saturated heterocycles. The number of carbonyl (C=O) groups is 1. The van der Waals surface area contributed by atoms with Gasteiger partial charge in [-0.2, -0.15) is 10.4 Å². The summed E-state index contributed by atoms with van der Waals surface area (Å²) >= 11 is 0. The Morgan fingerprint density at radius 2 is 1.93 bits per heavy atom. The summed E-state index contributed by atoms with van der Waals surface area (Å²) in [6.07, 6.45) is 5.49. The van der Waals surface area contributed by atoms with Crippen molar-refractivity contribution in [3.8, 4) is 6.07 Å². The zero-order valence-corrected chi connectivity index (χ0v) is 14.9. The molecule has 1 unspecified atom stereocenters. The van der Waals surface area contributed by atoms with E-state index in [4.69, 9.17) is 5.26 Å². The maximum atomic E-state index is 13.1. The van der Waals surface area contributed by atoms with Gasteiger partial charge < -0.3 is 4.90 Å². The number of rotatable bonds is 3. The molecule has 1 fully saturated rings. The standard InChI is InChI=1S/C20H20N6O/c21-13-17-12-19(23-14-22-17)25-10-7-16(8-11-25)20(27)26-18(6-9-24-26)15-4-2-1-3-5-15/h1-5,9,12,14,16,18H,6-8,10-11H2. The van der Waals surface area contributed by atoms with E-state index in [0.717, 1.165) is 43.7 Å². The topological polar surface area (TPSA) is 85.5 Å². The number of carbonyl (C=O) groups excluding carboxylic acids is 1. The molecule has 136 valence electrons. The molecule has 7 nitrogen and oxygen atoms in total. The van der Waals surface area contributed by atoms with Crippen molar-refractivity contribution in [1.29, 1.82) is 5.26 Å². The van der Waals surface area contributed by atoms with Crippen molar-refractivity contribution in [2.24, 2.45) is 11.0 Å². The van der Waals surface area contributed by atoms with E-state index in [9.17, 15) is 4.79 Å². The van der Waals surface area contributed by atoms with Gasteiger partial charge in [-0.25, -0.2) is 15.0 Å². The molecule has 0 bridgehead atoms. The fraction of sp³-hybridized carbons (Fsp3) is 0.350. The van der Waals surface area contributed by atoms with Crippen LogP contribution in [0.5, 0.6) is 0 Å². The molecule has 2 aromatic rings. The zero-order valence-electron chi connectivity index (χ0n) is 14.9. The molecule has 0 aliphatic carbocycles. The number of benzene rings is 1. The second kappa shape index (κ2) is 7.54. The van der Waals surface area contributed by atoms with Gasteiger partial charge in [-0.05, 0) is 18.4 Å². The Bertz CT molecular complexity index is 883. The van der Waals surface area contributed by atoms with E-state index in [0.29, 0.717) is 5.69 Å². The number of aromatic nitrogens is 2. The van der Waals surface area contributed by atoms with Gasteiger partial charge in [0.15, 0.2) is 0 Å². The van der Waals surface area contributed by atoms with Crippen LogP contribution in [-0.2, 0) is 4.79 Å². The highest BCUT2D eigenvalue weighted by Gasteiger charge is 2.34. The van der Waals surface area contributed by atoms with E-state index in [1.54, 1.807) is 11.1 Å². The molecule has 0 N–H and O–H groups in total. The van der Waals surface area contributed by atoms with Gasteiger partial charge in [0.25, 0.3) is 0 Å². The second-order valence-corrected chi connectivity index (χ2v) is 6.78. The number of nitrogens with zero attached hydrogens (tertiary/aromatic N) is 6. The van der Waals surface area contributed by atoms with Crippen molar-refractivity contribution < 1.29 is 4.79 Å². The average molecular weight is 360 g/mol. The van der Waals surface area contributed by atoms with Crippen LogP contribution >= 0.6 is 0 Å². The van der Waals surface area contributed by atoms with Crippen molar-refractivity contribution in [3.05, 3.63) is 54.0 Å². The Hall–Kier alpha value is -3.27. The van der Waals surface area contributed by atoms with Crippen LogP contribution in [0.4, 0.5) is 5.82 Å². The first-order chi connectivity index (χ1) is 13.3. The summed E-state index contributed by atoms with van der Waals surface area (Å²) in [5, 5.41) is 15.0. The van der Waals surface area contributed by atoms with Crippen molar-refractivity contribution in [2.75, 3.05) is 18.0 Å². The molecule has 7 heteroatoms. The van der Waals surface area contributed by atoms with Gasteiger partial charge in [-0.1, -0.05) is 30.3 Å². The Morgan fingerprint density at radius 3 is 2.67 bits per heavy atom. The van der Waals surface area contributed by atoms with E-state index < -0.39 is 0 Å².